The van der Waals surface area contributed by atoms with E-state index >= 15 is 0 Å². The van der Waals surface area contributed by atoms with Gasteiger partial charge in [0.2, 0.25) is 0 Å². The maximum atomic E-state index is 13.3. The van der Waals surface area contributed by atoms with Gasteiger partial charge in [0, 0.05) is 11.8 Å². The molecule has 3 nitrogen and oxygen atoms in total. The highest BCUT2D eigenvalue weighted by atomic mass is 16.6. The van der Waals surface area contributed by atoms with Crippen LogP contribution >= 0.6 is 0 Å². The number of ether oxygens (including phenoxy) is 1. The lowest BCUT2D eigenvalue weighted by Gasteiger charge is -2.69. The minimum Gasteiger partial charge on any atom is -0.461 e. The van der Waals surface area contributed by atoms with E-state index in [2.05, 4.69) is 60.6 Å². The van der Waals surface area contributed by atoms with E-state index in [1.807, 2.05) is 0 Å². The third-order valence-electron chi connectivity index (χ3n) is 12.8. The number of esters is 1. The van der Waals surface area contributed by atoms with Crippen molar-refractivity contribution in [2.75, 3.05) is 0 Å². The van der Waals surface area contributed by atoms with Gasteiger partial charge in [0.1, 0.15) is 6.10 Å². The molecule has 1 aliphatic heterocycles. The first-order valence-corrected chi connectivity index (χ1v) is 13.5. The fourth-order valence-corrected chi connectivity index (χ4v) is 10.3. The topological polar surface area (TPSA) is 46.5 Å². The molecule has 8 unspecified atom stereocenters. The lowest BCUT2D eigenvalue weighted by molar-refractivity contribution is -0.182. The predicted molar refractivity (Wildman–Crippen MR) is 130 cm³/mol. The first-order valence-electron chi connectivity index (χ1n) is 13.5. The zero-order chi connectivity index (χ0) is 23.8. The lowest BCUT2D eigenvalue weighted by atomic mass is 9.35. The summed E-state index contributed by atoms with van der Waals surface area (Å²) >= 11 is 0. The number of carbonyl (C=O) groups excluding carboxylic acids is 1. The Morgan fingerprint density at radius 3 is 2.42 bits per heavy atom. The van der Waals surface area contributed by atoms with Gasteiger partial charge in [0.25, 0.3) is 0 Å². The van der Waals surface area contributed by atoms with E-state index < -0.39 is 0 Å². The van der Waals surface area contributed by atoms with Gasteiger partial charge < -0.3 is 9.84 Å². The van der Waals surface area contributed by atoms with Gasteiger partial charge in [-0.15, -0.1) is 0 Å². The van der Waals surface area contributed by atoms with Crippen LogP contribution in [0.3, 0.4) is 0 Å². The first-order chi connectivity index (χ1) is 15.2. The monoisotopic (exact) mass is 452 g/mol. The van der Waals surface area contributed by atoms with Crippen molar-refractivity contribution >= 4 is 5.97 Å². The second kappa shape index (κ2) is 6.18. The molecule has 0 aromatic carbocycles. The molecule has 182 valence electrons. The van der Waals surface area contributed by atoms with Gasteiger partial charge >= 0.3 is 5.97 Å². The van der Waals surface area contributed by atoms with Gasteiger partial charge in [0.05, 0.1) is 11.5 Å². The minimum absolute atomic E-state index is 0.00894. The molecule has 3 saturated carbocycles. The van der Waals surface area contributed by atoms with Crippen LogP contribution in [0.25, 0.3) is 0 Å². The molecule has 0 radical (unpaired) electrons. The normalized spacial score (nSPS) is 53.5. The van der Waals surface area contributed by atoms with Crippen LogP contribution in [0, 0.1) is 44.3 Å². The van der Waals surface area contributed by atoms with Crippen LogP contribution in [0.2, 0.25) is 0 Å². The zero-order valence-electron chi connectivity index (χ0n) is 21.9. The van der Waals surface area contributed by atoms with Crippen molar-refractivity contribution in [2.45, 2.75) is 112 Å². The van der Waals surface area contributed by atoms with E-state index in [9.17, 15) is 9.90 Å². The van der Waals surface area contributed by atoms with Crippen molar-refractivity contribution in [1.29, 1.82) is 0 Å². The van der Waals surface area contributed by atoms with Crippen LogP contribution in [-0.2, 0) is 9.53 Å². The fourth-order valence-electron chi connectivity index (χ4n) is 10.3. The standard InChI is InChI=1S/C30H44O3/c1-25(2)16-19-18-8-9-21-27(5)12-11-22(31)26(3,4)20(27)10-13-29(21,7)28(18,6)14-15-30(19)17-23(25)33-24(30)32/h8-9,20-23,31H,10-17H2,1-7H3. The average Bonchev–Trinajstić information content (AvgIpc) is 3.03. The number of hydrogen-bond acceptors (Lipinski definition) is 3. The molecular formula is C30H44O3. The smallest absolute Gasteiger partial charge is 0.316 e. The Balaban J connectivity index is 1.51. The molecule has 1 heterocycles. The third-order valence-corrected chi connectivity index (χ3v) is 12.8. The largest absolute Gasteiger partial charge is 0.461 e. The molecule has 6 rings (SSSR count). The van der Waals surface area contributed by atoms with Gasteiger partial charge in [-0.05, 0) is 89.6 Å². The van der Waals surface area contributed by atoms with Crippen LogP contribution in [0.5, 0.6) is 0 Å². The summed E-state index contributed by atoms with van der Waals surface area (Å²) in [7, 11) is 0. The second-order valence-corrected chi connectivity index (χ2v) is 14.8. The Morgan fingerprint density at radius 1 is 0.970 bits per heavy atom. The highest BCUT2D eigenvalue weighted by Gasteiger charge is 2.69. The molecule has 8 atom stereocenters. The highest BCUT2D eigenvalue weighted by Crippen LogP contribution is 2.74. The van der Waals surface area contributed by atoms with Gasteiger partial charge in [-0.3, -0.25) is 4.79 Å². The first kappa shape index (κ1) is 22.4. The molecule has 1 N–H and O–H groups in total. The Kier molecular flexibility index (Phi) is 4.19. The molecule has 0 amide bonds. The van der Waals surface area contributed by atoms with Crippen molar-refractivity contribution in [1.82, 2.24) is 0 Å². The molecule has 1 spiro atoms. The summed E-state index contributed by atoms with van der Waals surface area (Å²) in [5, 5.41) is 10.9. The van der Waals surface area contributed by atoms with Gasteiger partial charge in [0.15, 0.2) is 0 Å². The van der Waals surface area contributed by atoms with Crippen molar-refractivity contribution in [3.8, 4) is 0 Å². The molecule has 4 fully saturated rings. The summed E-state index contributed by atoms with van der Waals surface area (Å²) < 4.78 is 6.00. The quantitative estimate of drug-likeness (QED) is 0.421. The Labute approximate surface area is 200 Å². The maximum Gasteiger partial charge on any atom is 0.316 e. The summed E-state index contributed by atoms with van der Waals surface area (Å²) in [4.78, 5) is 13.3. The molecule has 6 aliphatic rings. The number of allylic oxidation sites excluding steroid dienone is 3. The number of rotatable bonds is 0. The van der Waals surface area contributed by atoms with E-state index in [0.29, 0.717) is 11.8 Å². The fraction of sp³-hybridized carbons (Fsp3) is 0.833. The van der Waals surface area contributed by atoms with E-state index in [0.717, 1.165) is 38.5 Å². The highest BCUT2D eigenvalue weighted by molar-refractivity contribution is 5.85. The molecule has 33 heavy (non-hydrogen) atoms. The van der Waals surface area contributed by atoms with Crippen molar-refractivity contribution in [3.63, 3.8) is 0 Å². The number of aliphatic hydroxyl groups is 1. The van der Waals surface area contributed by atoms with Gasteiger partial charge in [-0.2, -0.15) is 0 Å². The van der Waals surface area contributed by atoms with Crippen LogP contribution in [0.4, 0.5) is 0 Å². The number of carbonyl (C=O) groups is 1. The summed E-state index contributed by atoms with van der Waals surface area (Å²) in [5.74, 6) is 1.11. The number of fused-ring (bicyclic) bond motifs is 6. The SMILES string of the molecule is CC1(C)CC2=C3C=CC4C5(C)CCC(O)C(C)(C)C5CCC4(C)C3(C)CCC23CC1OC3=O. The summed E-state index contributed by atoms with van der Waals surface area (Å²) in [6.07, 6.45) is 13.2. The van der Waals surface area contributed by atoms with Crippen LogP contribution in [0.1, 0.15) is 99.8 Å². The Bertz CT molecular complexity index is 987. The van der Waals surface area contributed by atoms with Crippen LogP contribution in [-0.4, -0.2) is 23.3 Å². The zero-order valence-corrected chi connectivity index (χ0v) is 21.9. The Morgan fingerprint density at radius 2 is 1.70 bits per heavy atom. The lowest BCUT2D eigenvalue weighted by Crippen LogP contribution is -2.63. The van der Waals surface area contributed by atoms with Crippen molar-refractivity contribution in [2.24, 2.45) is 44.3 Å². The van der Waals surface area contributed by atoms with E-state index in [1.165, 1.54) is 24.0 Å². The molecule has 3 heteroatoms. The molecular weight excluding hydrogens is 408 g/mol. The number of aliphatic hydroxyl groups excluding tert-OH is 1. The van der Waals surface area contributed by atoms with Crippen LogP contribution < -0.4 is 0 Å². The molecule has 0 aromatic rings. The third kappa shape index (κ3) is 2.39. The van der Waals surface area contributed by atoms with E-state index in [4.69, 9.17) is 4.74 Å². The summed E-state index contributed by atoms with van der Waals surface area (Å²) in [6.45, 7) is 16.8. The van der Waals surface area contributed by atoms with Crippen LogP contribution in [0.15, 0.2) is 23.3 Å². The predicted octanol–water partition coefficient (Wildman–Crippen LogP) is 6.60. The molecule has 1 saturated heterocycles. The van der Waals surface area contributed by atoms with Crippen molar-refractivity contribution < 1.29 is 14.6 Å². The maximum absolute atomic E-state index is 13.3. The van der Waals surface area contributed by atoms with E-state index in [1.54, 1.807) is 0 Å². The Hall–Kier alpha value is -1.09. The van der Waals surface area contributed by atoms with Gasteiger partial charge in [-0.25, -0.2) is 0 Å². The molecule has 0 aromatic heterocycles. The minimum atomic E-state index is -0.361. The molecule has 2 bridgehead atoms. The average molecular weight is 453 g/mol. The van der Waals surface area contributed by atoms with E-state index in [-0.39, 0.29) is 50.7 Å². The van der Waals surface area contributed by atoms with Crippen molar-refractivity contribution in [3.05, 3.63) is 23.3 Å². The summed E-state index contributed by atoms with van der Waals surface area (Å²) in [6, 6.07) is 0. The number of hydrogen-bond donors (Lipinski definition) is 1. The molecule has 5 aliphatic carbocycles. The van der Waals surface area contributed by atoms with Gasteiger partial charge in [-0.1, -0.05) is 60.6 Å². The second-order valence-electron chi connectivity index (χ2n) is 14.8. The summed E-state index contributed by atoms with van der Waals surface area (Å²) in [5.41, 5.74) is 3.00.